The molecule has 1 heterocycles. The summed E-state index contributed by atoms with van der Waals surface area (Å²) in [6.45, 7) is 6.37. The second-order valence-electron chi connectivity index (χ2n) is 5.47. The number of carboxylic acids is 1. The van der Waals surface area contributed by atoms with E-state index in [9.17, 15) is 9.59 Å². The quantitative estimate of drug-likeness (QED) is 0.665. The summed E-state index contributed by atoms with van der Waals surface area (Å²) in [5.41, 5.74) is 0. The molecule has 19 heavy (non-hydrogen) atoms. The van der Waals surface area contributed by atoms with Gasteiger partial charge in [0.2, 0.25) is 0 Å². The van der Waals surface area contributed by atoms with Crippen LogP contribution in [0.2, 0.25) is 0 Å². The molecule has 1 saturated heterocycles. The summed E-state index contributed by atoms with van der Waals surface area (Å²) >= 11 is 0. The van der Waals surface area contributed by atoms with Gasteiger partial charge in [-0.2, -0.15) is 0 Å². The number of likely N-dealkylation sites (tertiary alicyclic amines) is 1. The van der Waals surface area contributed by atoms with Gasteiger partial charge in [0, 0.05) is 13.1 Å². The van der Waals surface area contributed by atoms with Crippen LogP contribution in [-0.4, -0.2) is 54.7 Å². The number of carboxylic acid groups (broad SMARTS) is 1. The lowest BCUT2D eigenvalue weighted by molar-refractivity contribution is -0.140. The molecule has 0 aromatic rings. The predicted molar refractivity (Wildman–Crippen MR) is 73.0 cm³/mol. The van der Waals surface area contributed by atoms with Gasteiger partial charge in [0.15, 0.2) is 0 Å². The van der Waals surface area contributed by atoms with Gasteiger partial charge in [0.05, 0.1) is 0 Å². The average Bonchev–Trinajstić information content (AvgIpc) is 2.78. The zero-order valence-electron chi connectivity index (χ0n) is 12.0. The Balaban J connectivity index is 2.34. The van der Waals surface area contributed by atoms with Crippen LogP contribution < -0.4 is 10.6 Å². The van der Waals surface area contributed by atoms with Crippen LogP contribution in [-0.2, 0) is 4.79 Å². The minimum atomic E-state index is -0.981. The Hall–Kier alpha value is -1.30. The predicted octanol–water partition coefficient (Wildman–Crippen LogP) is 0.737. The molecule has 0 radical (unpaired) electrons. The van der Waals surface area contributed by atoms with E-state index in [1.54, 1.807) is 0 Å². The molecule has 1 aliphatic heterocycles. The Morgan fingerprint density at radius 1 is 1.47 bits per heavy atom. The van der Waals surface area contributed by atoms with Crippen molar-refractivity contribution in [2.45, 2.75) is 32.7 Å². The van der Waals surface area contributed by atoms with Crippen molar-refractivity contribution in [3.05, 3.63) is 0 Å². The third kappa shape index (κ3) is 5.06. The lowest BCUT2D eigenvalue weighted by atomic mass is 9.99. The molecule has 1 aliphatic rings. The van der Waals surface area contributed by atoms with Crippen molar-refractivity contribution in [2.24, 2.45) is 11.8 Å². The van der Waals surface area contributed by atoms with E-state index in [2.05, 4.69) is 22.6 Å². The molecule has 0 aromatic carbocycles. The van der Waals surface area contributed by atoms with Crippen molar-refractivity contribution in [1.29, 1.82) is 0 Å². The molecule has 0 spiro atoms. The first kappa shape index (κ1) is 15.8. The van der Waals surface area contributed by atoms with Crippen LogP contribution in [0.1, 0.15) is 26.7 Å². The van der Waals surface area contributed by atoms with Crippen LogP contribution in [0.15, 0.2) is 0 Å². The molecule has 0 saturated carbocycles. The van der Waals surface area contributed by atoms with Gasteiger partial charge in [-0.3, -0.25) is 0 Å². The van der Waals surface area contributed by atoms with Crippen LogP contribution in [0.5, 0.6) is 0 Å². The first-order valence-corrected chi connectivity index (χ1v) is 6.89. The van der Waals surface area contributed by atoms with E-state index in [4.69, 9.17) is 5.11 Å². The van der Waals surface area contributed by atoms with Gasteiger partial charge in [-0.05, 0) is 31.8 Å². The largest absolute Gasteiger partial charge is 0.480 e. The number of amides is 2. The molecule has 6 heteroatoms. The summed E-state index contributed by atoms with van der Waals surface area (Å²) in [4.78, 5) is 25.0. The second-order valence-corrected chi connectivity index (χ2v) is 5.47. The fourth-order valence-corrected chi connectivity index (χ4v) is 2.31. The van der Waals surface area contributed by atoms with Crippen LogP contribution in [0.4, 0.5) is 4.79 Å². The molecule has 3 N–H and O–H groups in total. The standard InChI is InChI=1S/C13H25N3O3/c1-4-9(2)11(12(17)18)15-13(19)14-7-10-5-6-16(3)8-10/h9-11H,4-8H2,1-3H3,(H,17,18)(H2,14,15,19). The summed E-state index contributed by atoms with van der Waals surface area (Å²) in [6.07, 6.45) is 1.79. The van der Waals surface area contributed by atoms with Gasteiger partial charge in [-0.1, -0.05) is 20.3 Å². The number of urea groups is 1. The van der Waals surface area contributed by atoms with Gasteiger partial charge in [0.25, 0.3) is 0 Å². The molecule has 3 unspecified atom stereocenters. The molecule has 6 nitrogen and oxygen atoms in total. The molecular formula is C13H25N3O3. The third-order valence-electron chi connectivity index (χ3n) is 3.81. The maximum Gasteiger partial charge on any atom is 0.326 e. The molecule has 1 rings (SSSR count). The van der Waals surface area contributed by atoms with Crippen LogP contribution in [0, 0.1) is 11.8 Å². The normalized spacial score (nSPS) is 22.8. The van der Waals surface area contributed by atoms with E-state index >= 15 is 0 Å². The fourth-order valence-electron chi connectivity index (χ4n) is 2.31. The first-order chi connectivity index (χ1) is 8.93. The fraction of sp³-hybridized carbons (Fsp3) is 0.846. The van der Waals surface area contributed by atoms with E-state index in [-0.39, 0.29) is 11.9 Å². The van der Waals surface area contributed by atoms with Gasteiger partial charge in [-0.25, -0.2) is 9.59 Å². The minimum absolute atomic E-state index is 0.0825. The monoisotopic (exact) mass is 271 g/mol. The summed E-state index contributed by atoms with van der Waals surface area (Å²) < 4.78 is 0. The SMILES string of the molecule is CCC(C)C(NC(=O)NCC1CCN(C)C1)C(=O)O. The number of nitrogens with one attached hydrogen (secondary N) is 2. The number of hydrogen-bond acceptors (Lipinski definition) is 3. The molecular weight excluding hydrogens is 246 g/mol. The topological polar surface area (TPSA) is 81.7 Å². The Bertz CT molecular complexity index is 322. The van der Waals surface area contributed by atoms with E-state index in [0.717, 1.165) is 19.5 Å². The highest BCUT2D eigenvalue weighted by Crippen LogP contribution is 2.13. The maximum atomic E-state index is 11.7. The number of hydrogen-bond donors (Lipinski definition) is 3. The highest BCUT2D eigenvalue weighted by molar-refractivity contribution is 5.82. The number of rotatable bonds is 6. The van der Waals surface area contributed by atoms with Crippen molar-refractivity contribution in [3.63, 3.8) is 0 Å². The number of aliphatic carboxylic acids is 1. The zero-order chi connectivity index (χ0) is 14.4. The number of nitrogens with zero attached hydrogens (tertiary/aromatic N) is 1. The molecule has 0 bridgehead atoms. The molecule has 1 fully saturated rings. The summed E-state index contributed by atoms with van der Waals surface area (Å²) in [7, 11) is 2.06. The van der Waals surface area contributed by atoms with Gasteiger partial charge in [-0.15, -0.1) is 0 Å². The van der Waals surface area contributed by atoms with Gasteiger partial charge in [0.1, 0.15) is 6.04 Å². The Morgan fingerprint density at radius 2 is 2.16 bits per heavy atom. The van der Waals surface area contributed by atoms with Crippen LogP contribution in [0.3, 0.4) is 0 Å². The van der Waals surface area contributed by atoms with Gasteiger partial charge < -0.3 is 20.6 Å². The van der Waals surface area contributed by atoms with Gasteiger partial charge >= 0.3 is 12.0 Å². The highest BCUT2D eigenvalue weighted by Gasteiger charge is 2.26. The van der Waals surface area contributed by atoms with Crippen molar-refractivity contribution in [2.75, 3.05) is 26.7 Å². The molecule has 0 aromatic heterocycles. The smallest absolute Gasteiger partial charge is 0.326 e. The Kier molecular flexibility index (Phi) is 6.08. The lowest BCUT2D eigenvalue weighted by Gasteiger charge is -2.21. The maximum absolute atomic E-state index is 11.7. The van der Waals surface area contributed by atoms with E-state index in [1.807, 2.05) is 13.8 Å². The molecule has 2 amide bonds. The second kappa shape index (κ2) is 7.33. The van der Waals surface area contributed by atoms with Crippen molar-refractivity contribution in [1.82, 2.24) is 15.5 Å². The van der Waals surface area contributed by atoms with Crippen LogP contribution in [0.25, 0.3) is 0 Å². The van der Waals surface area contributed by atoms with E-state index in [0.29, 0.717) is 18.9 Å². The average molecular weight is 271 g/mol. The van der Waals surface area contributed by atoms with E-state index < -0.39 is 12.0 Å². The Labute approximate surface area is 114 Å². The number of carbonyl (C=O) groups is 2. The van der Waals surface area contributed by atoms with E-state index in [1.165, 1.54) is 0 Å². The molecule has 110 valence electrons. The molecule has 0 aliphatic carbocycles. The van der Waals surface area contributed by atoms with Crippen molar-refractivity contribution < 1.29 is 14.7 Å². The lowest BCUT2D eigenvalue weighted by Crippen LogP contribution is -2.49. The minimum Gasteiger partial charge on any atom is -0.480 e. The van der Waals surface area contributed by atoms with Crippen molar-refractivity contribution in [3.8, 4) is 0 Å². The summed E-state index contributed by atoms with van der Waals surface area (Å²) in [6, 6.07) is -1.21. The summed E-state index contributed by atoms with van der Waals surface area (Å²) in [5, 5.41) is 14.4. The van der Waals surface area contributed by atoms with Crippen molar-refractivity contribution >= 4 is 12.0 Å². The highest BCUT2D eigenvalue weighted by atomic mass is 16.4. The van der Waals surface area contributed by atoms with Crippen LogP contribution >= 0.6 is 0 Å². The first-order valence-electron chi connectivity index (χ1n) is 6.89. The zero-order valence-corrected chi connectivity index (χ0v) is 12.0. The number of carbonyl (C=O) groups excluding carboxylic acids is 1. The molecule has 3 atom stereocenters. The Morgan fingerprint density at radius 3 is 2.63 bits per heavy atom. The third-order valence-corrected chi connectivity index (χ3v) is 3.81. The summed E-state index contributed by atoms with van der Waals surface area (Å²) in [5.74, 6) is -0.603.